The summed E-state index contributed by atoms with van der Waals surface area (Å²) in [7, 11) is 1.61. The van der Waals surface area contributed by atoms with Crippen molar-refractivity contribution >= 4 is 44.2 Å². The van der Waals surface area contributed by atoms with Crippen molar-refractivity contribution in [1.82, 2.24) is 19.7 Å². The number of hydrogen-bond donors (Lipinski definition) is 0. The van der Waals surface area contributed by atoms with Crippen LogP contribution in [0.15, 0.2) is 24.4 Å². The zero-order valence-electron chi connectivity index (χ0n) is 18.6. The molecular weight excluding hydrogens is 450 g/mol. The molecule has 1 fully saturated rings. The summed E-state index contributed by atoms with van der Waals surface area (Å²) in [4.78, 5) is 22.5. The number of fused-ring (bicyclic) bond motifs is 1. The van der Waals surface area contributed by atoms with Gasteiger partial charge < -0.3 is 9.47 Å². The van der Waals surface area contributed by atoms with Crippen LogP contribution in [0.1, 0.15) is 36.8 Å². The molecule has 1 saturated heterocycles. The Morgan fingerprint density at radius 2 is 2.09 bits per heavy atom. The summed E-state index contributed by atoms with van der Waals surface area (Å²) < 4.78 is 13.5. The molecule has 3 heterocycles. The summed E-state index contributed by atoms with van der Waals surface area (Å²) in [5, 5.41) is 5.54. The van der Waals surface area contributed by atoms with Gasteiger partial charge in [-0.1, -0.05) is 22.9 Å². The molecule has 0 aliphatic carbocycles. The summed E-state index contributed by atoms with van der Waals surface area (Å²) in [5.41, 5.74) is 1.21. The van der Waals surface area contributed by atoms with Crippen molar-refractivity contribution in [3.8, 4) is 5.75 Å². The van der Waals surface area contributed by atoms with E-state index < -0.39 is 0 Å². The molecule has 0 spiro atoms. The zero-order valence-corrected chi connectivity index (χ0v) is 20.2. The number of morpholine rings is 1. The highest BCUT2D eigenvalue weighted by molar-refractivity contribution is 7.23. The molecule has 0 bridgehead atoms. The number of nitrogens with zero attached hydrogens (tertiary/aromatic N) is 5. The van der Waals surface area contributed by atoms with Crippen molar-refractivity contribution < 1.29 is 14.3 Å². The van der Waals surface area contributed by atoms with Crippen molar-refractivity contribution in [2.45, 2.75) is 26.3 Å². The van der Waals surface area contributed by atoms with Crippen LogP contribution in [0.5, 0.6) is 5.75 Å². The van der Waals surface area contributed by atoms with Gasteiger partial charge in [0, 0.05) is 38.4 Å². The van der Waals surface area contributed by atoms with Crippen molar-refractivity contribution in [1.29, 1.82) is 0 Å². The number of carbonyl (C=O) groups is 1. The summed E-state index contributed by atoms with van der Waals surface area (Å²) in [6, 6.07) is 5.43. The van der Waals surface area contributed by atoms with Crippen LogP contribution >= 0.6 is 22.9 Å². The van der Waals surface area contributed by atoms with Crippen LogP contribution in [0.2, 0.25) is 5.02 Å². The number of hydrogen-bond acceptors (Lipinski definition) is 7. The van der Waals surface area contributed by atoms with Gasteiger partial charge in [0.05, 0.1) is 30.0 Å². The second kappa shape index (κ2) is 10.2. The Morgan fingerprint density at radius 1 is 1.31 bits per heavy atom. The summed E-state index contributed by atoms with van der Waals surface area (Å²) >= 11 is 7.84. The van der Waals surface area contributed by atoms with Crippen LogP contribution in [0.25, 0.3) is 10.2 Å². The largest absolute Gasteiger partial charge is 0.494 e. The normalized spacial score (nSPS) is 14.9. The minimum atomic E-state index is -0.118. The predicted octanol–water partition coefficient (Wildman–Crippen LogP) is 4.10. The molecule has 1 aromatic carbocycles. The molecule has 2 aromatic heterocycles. The van der Waals surface area contributed by atoms with E-state index in [2.05, 4.69) is 10.00 Å². The standard InChI is InChI=1S/C22H28ClN5O3S/c1-15(2)28-17(7-8-24-28)21(29)27(10-4-9-26-11-13-31-14-12-26)22-25-19-18(30-3)6-5-16(23)20(19)32-22/h5-8,15H,4,9-14H2,1-3H3. The lowest BCUT2D eigenvalue weighted by Crippen LogP contribution is -2.39. The Morgan fingerprint density at radius 3 is 2.81 bits per heavy atom. The first-order valence-corrected chi connectivity index (χ1v) is 12.0. The van der Waals surface area contributed by atoms with Gasteiger partial charge in [-0.3, -0.25) is 19.3 Å². The molecule has 0 saturated carbocycles. The Balaban J connectivity index is 1.65. The van der Waals surface area contributed by atoms with Gasteiger partial charge in [-0.25, -0.2) is 4.98 Å². The minimum absolute atomic E-state index is 0.0732. The van der Waals surface area contributed by atoms with Gasteiger partial charge in [0.25, 0.3) is 5.91 Å². The van der Waals surface area contributed by atoms with Crippen LogP contribution < -0.4 is 9.64 Å². The van der Waals surface area contributed by atoms with E-state index in [1.165, 1.54) is 11.3 Å². The van der Waals surface area contributed by atoms with Gasteiger partial charge in [0.1, 0.15) is 17.0 Å². The van der Waals surface area contributed by atoms with E-state index in [0.717, 1.165) is 44.0 Å². The zero-order chi connectivity index (χ0) is 22.7. The smallest absolute Gasteiger partial charge is 0.278 e. The molecule has 4 rings (SSSR count). The number of halogens is 1. The Bertz CT molecular complexity index is 1080. The lowest BCUT2D eigenvalue weighted by Gasteiger charge is -2.28. The third-order valence-corrected chi connectivity index (χ3v) is 7.02. The molecule has 1 aliphatic rings. The maximum Gasteiger partial charge on any atom is 0.278 e. The molecule has 8 nitrogen and oxygen atoms in total. The fourth-order valence-corrected chi connectivity index (χ4v) is 5.10. The fraction of sp³-hybridized carbons (Fsp3) is 0.500. The molecule has 172 valence electrons. The van der Waals surface area contributed by atoms with Gasteiger partial charge in [-0.2, -0.15) is 5.10 Å². The number of carbonyl (C=O) groups excluding carboxylic acids is 1. The highest BCUT2D eigenvalue weighted by atomic mass is 35.5. The van der Waals surface area contributed by atoms with Crippen molar-refractivity contribution in [3.63, 3.8) is 0 Å². The number of ether oxygens (including phenoxy) is 2. The number of methoxy groups -OCH3 is 1. The third-order valence-electron chi connectivity index (χ3n) is 5.48. The molecule has 3 aromatic rings. The van der Waals surface area contributed by atoms with Crippen molar-refractivity contribution in [2.75, 3.05) is 51.4 Å². The van der Waals surface area contributed by atoms with Crippen LogP contribution in [0.4, 0.5) is 5.13 Å². The molecule has 0 N–H and O–H groups in total. The maximum absolute atomic E-state index is 13.7. The van der Waals surface area contributed by atoms with Crippen molar-refractivity contribution in [3.05, 3.63) is 35.1 Å². The topological polar surface area (TPSA) is 72.7 Å². The van der Waals surface area contributed by atoms with Gasteiger partial charge in [-0.05, 0) is 38.5 Å². The Labute approximate surface area is 196 Å². The number of aromatic nitrogens is 3. The fourth-order valence-electron chi connectivity index (χ4n) is 3.82. The second-order valence-electron chi connectivity index (χ2n) is 7.94. The molecule has 32 heavy (non-hydrogen) atoms. The lowest BCUT2D eigenvalue weighted by atomic mass is 10.3. The first-order valence-electron chi connectivity index (χ1n) is 10.8. The van der Waals surface area contributed by atoms with Gasteiger partial charge in [0.2, 0.25) is 0 Å². The first kappa shape index (κ1) is 23.0. The summed E-state index contributed by atoms with van der Waals surface area (Å²) in [6.07, 6.45) is 2.49. The maximum atomic E-state index is 13.7. The lowest BCUT2D eigenvalue weighted by molar-refractivity contribution is 0.0376. The average Bonchev–Trinajstić information content (AvgIpc) is 3.46. The van der Waals surface area contributed by atoms with Crippen molar-refractivity contribution in [2.24, 2.45) is 0 Å². The van der Waals surface area contributed by atoms with E-state index in [1.54, 1.807) is 41.1 Å². The Kier molecular flexibility index (Phi) is 7.30. The average molecular weight is 478 g/mol. The van der Waals surface area contributed by atoms with E-state index in [1.807, 2.05) is 13.8 Å². The molecule has 0 unspecified atom stereocenters. The van der Waals surface area contributed by atoms with Crippen LogP contribution in [-0.4, -0.2) is 72.1 Å². The highest BCUT2D eigenvalue weighted by Gasteiger charge is 2.26. The van der Waals surface area contributed by atoms with E-state index >= 15 is 0 Å². The summed E-state index contributed by atoms with van der Waals surface area (Å²) in [6.45, 7) is 8.80. The Hall–Kier alpha value is -2.20. The number of anilines is 1. The van der Waals surface area contributed by atoms with E-state index in [-0.39, 0.29) is 11.9 Å². The van der Waals surface area contributed by atoms with E-state index in [0.29, 0.717) is 33.7 Å². The molecule has 10 heteroatoms. The van der Waals surface area contributed by atoms with Gasteiger partial charge >= 0.3 is 0 Å². The monoisotopic (exact) mass is 477 g/mol. The van der Waals surface area contributed by atoms with Gasteiger partial charge in [0.15, 0.2) is 5.13 Å². The number of rotatable bonds is 8. The summed E-state index contributed by atoms with van der Waals surface area (Å²) in [5.74, 6) is 0.521. The van der Waals surface area contributed by atoms with E-state index in [4.69, 9.17) is 26.1 Å². The van der Waals surface area contributed by atoms with E-state index in [9.17, 15) is 4.79 Å². The predicted molar refractivity (Wildman–Crippen MR) is 127 cm³/mol. The number of thiazole rings is 1. The quantitative estimate of drug-likeness (QED) is 0.486. The SMILES string of the molecule is COc1ccc(Cl)c2sc(N(CCCN3CCOCC3)C(=O)c3ccnn3C(C)C)nc12. The first-order chi connectivity index (χ1) is 15.5. The van der Waals surface area contributed by atoms with Gasteiger partial charge in [-0.15, -0.1) is 0 Å². The van der Waals surface area contributed by atoms with Crippen LogP contribution in [0.3, 0.4) is 0 Å². The minimum Gasteiger partial charge on any atom is -0.494 e. The molecule has 0 atom stereocenters. The number of amides is 1. The highest BCUT2D eigenvalue weighted by Crippen LogP contribution is 2.39. The number of benzene rings is 1. The molecule has 1 aliphatic heterocycles. The third kappa shape index (κ3) is 4.76. The molecular formula is C22H28ClN5O3S. The molecule has 1 amide bonds. The van der Waals surface area contributed by atoms with Crippen LogP contribution in [0, 0.1) is 0 Å². The molecule has 0 radical (unpaired) electrons. The van der Waals surface area contributed by atoms with Crippen LogP contribution in [-0.2, 0) is 4.74 Å². The second-order valence-corrected chi connectivity index (χ2v) is 9.33.